The Labute approximate surface area is 171 Å². The van der Waals surface area contributed by atoms with Gasteiger partial charge in [0.2, 0.25) is 5.91 Å². The lowest BCUT2D eigenvalue weighted by Crippen LogP contribution is -2.43. The molecule has 1 unspecified atom stereocenters. The van der Waals surface area contributed by atoms with Gasteiger partial charge in [0.25, 0.3) is 5.91 Å². The lowest BCUT2D eigenvalue weighted by Gasteiger charge is -2.14. The molecule has 9 nitrogen and oxygen atoms in total. The summed E-state index contributed by atoms with van der Waals surface area (Å²) in [5.74, 6) is -0.995. The van der Waals surface area contributed by atoms with Gasteiger partial charge < -0.3 is 19.8 Å². The highest BCUT2D eigenvalue weighted by atomic mass is 32.2. The van der Waals surface area contributed by atoms with Crippen molar-refractivity contribution in [3.8, 4) is 0 Å². The van der Waals surface area contributed by atoms with Crippen LogP contribution in [0.15, 0.2) is 52.0 Å². The maximum Gasteiger partial charge on any atom is 0.340 e. The molecule has 2 rings (SSSR count). The van der Waals surface area contributed by atoms with Gasteiger partial charge in [-0.25, -0.2) is 9.59 Å². The number of esters is 1. The van der Waals surface area contributed by atoms with Gasteiger partial charge >= 0.3 is 12.0 Å². The number of urea groups is 1. The number of nitrogens with one attached hydrogen (secondary N) is 3. The third-order valence-corrected chi connectivity index (χ3v) is 4.70. The number of thioether (sulfide) groups is 1. The average Bonchev–Trinajstić information content (AvgIpc) is 3.24. The highest BCUT2D eigenvalue weighted by molar-refractivity contribution is 8.00. The topological polar surface area (TPSA) is 127 Å². The second kappa shape index (κ2) is 10.9. The van der Waals surface area contributed by atoms with Crippen molar-refractivity contribution in [2.24, 2.45) is 0 Å². The van der Waals surface area contributed by atoms with E-state index in [1.165, 1.54) is 26.3 Å². The molecule has 0 saturated heterocycles. The summed E-state index contributed by atoms with van der Waals surface area (Å²) < 4.78 is 10.3. The fraction of sp³-hybridized carbons (Fsp3) is 0.263. The molecule has 0 aliphatic heterocycles. The van der Waals surface area contributed by atoms with Crippen LogP contribution >= 0.6 is 11.8 Å². The quantitative estimate of drug-likeness (QED) is 0.439. The Morgan fingerprint density at radius 3 is 2.59 bits per heavy atom. The summed E-state index contributed by atoms with van der Waals surface area (Å²) in [7, 11) is 1.36. The SMILES string of the molecule is CNC(=O)NC(=O)C(C)OC(=O)c1ccccc1SCC(=O)NCc1ccco1. The third kappa shape index (κ3) is 7.00. The largest absolute Gasteiger partial charge is 0.467 e. The second-order valence-corrected chi connectivity index (χ2v) is 6.77. The van der Waals surface area contributed by atoms with Crippen LogP contribution in [0.25, 0.3) is 0 Å². The number of hydrogen-bond donors (Lipinski definition) is 3. The molecule has 1 heterocycles. The molecule has 0 fully saturated rings. The number of rotatable bonds is 8. The lowest BCUT2D eigenvalue weighted by atomic mass is 10.2. The zero-order chi connectivity index (χ0) is 21.2. The number of carbonyl (C=O) groups excluding carboxylic acids is 4. The number of furan rings is 1. The Morgan fingerprint density at radius 1 is 1.14 bits per heavy atom. The first kappa shape index (κ1) is 22.0. The van der Waals surface area contributed by atoms with Gasteiger partial charge in [0, 0.05) is 11.9 Å². The highest BCUT2D eigenvalue weighted by Crippen LogP contribution is 2.23. The van der Waals surface area contributed by atoms with E-state index in [0.717, 1.165) is 11.8 Å². The van der Waals surface area contributed by atoms with E-state index in [-0.39, 0.29) is 23.8 Å². The van der Waals surface area contributed by atoms with Crippen molar-refractivity contribution in [2.75, 3.05) is 12.8 Å². The van der Waals surface area contributed by atoms with E-state index in [2.05, 4.69) is 10.6 Å². The molecule has 2 aromatic rings. The van der Waals surface area contributed by atoms with Crippen molar-refractivity contribution in [2.45, 2.75) is 24.5 Å². The molecule has 1 aromatic heterocycles. The minimum absolute atomic E-state index is 0.0811. The van der Waals surface area contributed by atoms with Crippen molar-refractivity contribution in [1.29, 1.82) is 0 Å². The lowest BCUT2D eigenvalue weighted by molar-refractivity contribution is -0.128. The number of ether oxygens (including phenoxy) is 1. The number of amides is 4. The van der Waals surface area contributed by atoms with Crippen molar-refractivity contribution in [1.82, 2.24) is 16.0 Å². The van der Waals surface area contributed by atoms with Crippen molar-refractivity contribution in [3.63, 3.8) is 0 Å². The van der Waals surface area contributed by atoms with E-state index in [1.807, 2.05) is 5.32 Å². The molecule has 0 saturated carbocycles. The minimum Gasteiger partial charge on any atom is -0.467 e. The van der Waals surface area contributed by atoms with Gasteiger partial charge in [-0.2, -0.15) is 0 Å². The molecule has 29 heavy (non-hydrogen) atoms. The Balaban J connectivity index is 1.91. The fourth-order valence-corrected chi connectivity index (χ4v) is 2.98. The Hall–Kier alpha value is -3.27. The van der Waals surface area contributed by atoms with Gasteiger partial charge in [-0.3, -0.25) is 14.9 Å². The average molecular weight is 419 g/mol. The van der Waals surface area contributed by atoms with Crippen LogP contribution < -0.4 is 16.0 Å². The number of carbonyl (C=O) groups is 4. The van der Waals surface area contributed by atoms with Crippen LogP contribution in [-0.2, 0) is 20.9 Å². The first-order valence-electron chi connectivity index (χ1n) is 8.65. The normalized spacial score (nSPS) is 11.2. The third-order valence-electron chi connectivity index (χ3n) is 3.62. The van der Waals surface area contributed by atoms with Crippen LogP contribution in [0.3, 0.4) is 0 Å². The molecule has 3 N–H and O–H groups in total. The Bertz CT molecular complexity index is 869. The summed E-state index contributed by atoms with van der Waals surface area (Å²) in [6, 6.07) is 9.36. The van der Waals surface area contributed by atoms with E-state index in [4.69, 9.17) is 9.15 Å². The first-order valence-corrected chi connectivity index (χ1v) is 9.63. The molecule has 0 radical (unpaired) electrons. The van der Waals surface area contributed by atoms with E-state index < -0.39 is 24.0 Å². The maximum atomic E-state index is 12.4. The summed E-state index contributed by atoms with van der Waals surface area (Å²) in [5, 5.41) is 6.98. The van der Waals surface area contributed by atoms with Crippen LogP contribution in [-0.4, -0.2) is 42.7 Å². The molecule has 1 aromatic carbocycles. The number of imide groups is 1. The molecule has 4 amide bonds. The van der Waals surface area contributed by atoms with E-state index >= 15 is 0 Å². The second-order valence-electron chi connectivity index (χ2n) is 5.76. The summed E-state index contributed by atoms with van der Waals surface area (Å²) >= 11 is 1.16. The van der Waals surface area contributed by atoms with E-state index in [1.54, 1.807) is 30.3 Å². The van der Waals surface area contributed by atoms with Crippen LogP contribution in [0.5, 0.6) is 0 Å². The molecular formula is C19H21N3O6S. The molecule has 0 spiro atoms. The van der Waals surface area contributed by atoms with Gasteiger partial charge in [0.05, 0.1) is 24.1 Å². The molecule has 1 atom stereocenters. The Morgan fingerprint density at radius 2 is 1.90 bits per heavy atom. The summed E-state index contributed by atoms with van der Waals surface area (Å²) in [6.07, 6.45) is 0.350. The van der Waals surface area contributed by atoms with Gasteiger partial charge in [-0.15, -0.1) is 11.8 Å². The van der Waals surface area contributed by atoms with Gasteiger partial charge in [0.1, 0.15) is 5.76 Å². The van der Waals surface area contributed by atoms with Gasteiger partial charge in [0.15, 0.2) is 6.10 Å². The molecule has 154 valence electrons. The highest BCUT2D eigenvalue weighted by Gasteiger charge is 2.22. The maximum absolute atomic E-state index is 12.4. The van der Waals surface area contributed by atoms with Crippen LogP contribution in [0.2, 0.25) is 0 Å². The monoisotopic (exact) mass is 419 g/mol. The predicted molar refractivity (Wildman–Crippen MR) is 105 cm³/mol. The van der Waals surface area contributed by atoms with Crippen molar-refractivity contribution < 1.29 is 28.3 Å². The smallest absolute Gasteiger partial charge is 0.340 e. The molecule has 0 bridgehead atoms. The van der Waals surface area contributed by atoms with Crippen molar-refractivity contribution in [3.05, 3.63) is 54.0 Å². The van der Waals surface area contributed by atoms with Crippen LogP contribution in [0.4, 0.5) is 4.79 Å². The zero-order valence-electron chi connectivity index (χ0n) is 15.9. The number of hydrogen-bond acceptors (Lipinski definition) is 7. The number of benzene rings is 1. The zero-order valence-corrected chi connectivity index (χ0v) is 16.7. The standard InChI is InChI=1S/C19H21N3O6S/c1-12(17(24)22-19(26)20-2)28-18(25)14-7-3-4-8-15(14)29-11-16(23)21-10-13-6-5-9-27-13/h3-9,12H,10-11H2,1-2H3,(H,21,23)(H2,20,22,24,26). The Kier molecular flexibility index (Phi) is 8.28. The van der Waals surface area contributed by atoms with E-state index in [0.29, 0.717) is 10.7 Å². The predicted octanol–water partition coefficient (Wildman–Crippen LogP) is 1.69. The van der Waals surface area contributed by atoms with Gasteiger partial charge in [-0.1, -0.05) is 12.1 Å². The summed E-state index contributed by atoms with van der Waals surface area (Å²) in [6.45, 7) is 1.63. The summed E-state index contributed by atoms with van der Waals surface area (Å²) in [4.78, 5) is 48.0. The van der Waals surface area contributed by atoms with Crippen LogP contribution in [0, 0.1) is 0 Å². The molecule has 10 heteroatoms. The van der Waals surface area contributed by atoms with E-state index in [9.17, 15) is 19.2 Å². The van der Waals surface area contributed by atoms with Crippen LogP contribution in [0.1, 0.15) is 23.0 Å². The molecule has 0 aliphatic carbocycles. The van der Waals surface area contributed by atoms with Gasteiger partial charge in [-0.05, 0) is 31.2 Å². The first-order chi connectivity index (χ1) is 13.9. The molecular weight excluding hydrogens is 398 g/mol. The summed E-state index contributed by atoms with van der Waals surface area (Å²) in [5.41, 5.74) is 0.218. The minimum atomic E-state index is -1.17. The molecule has 0 aliphatic rings. The van der Waals surface area contributed by atoms with Crippen molar-refractivity contribution >= 4 is 35.6 Å². The fourth-order valence-electron chi connectivity index (χ4n) is 2.11.